The van der Waals surface area contributed by atoms with Crippen molar-refractivity contribution in [2.75, 3.05) is 14.2 Å². The highest BCUT2D eigenvalue weighted by atomic mass is 16.5. The van der Waals surface area contributed by atoms with Crippen molar-refractivity contribution in [3.8, 4) is 11.5 Å². The lowest BCUT2D eigenvalue weighted by Gasteiger charge is -2.18. The van der Waals surface area contributed by atoms with Crippen LogP contribution in [0.1, 0.15) is 60.6 Å². The van der Waals surface area contributed by atoms with Gasteiger partial charge in [0.2, 0.25) is 5.91 Å². The summed E-state index contributed by atoms with van der Waals surface area (Å²) < 4.78 is 10.6. The number of amides is 1. The van der Waals surface area contributed by atoms with E-state index in [1.165, 1.54) is 5.56 Å². The van der Waals surface area contributed by atoms with Crippen molar-refractivity contribution in [3.05, 3.63) is 59.2 Å². The quantitative estimate of drug-likeness (QED) is 0.614. The van der Waals surface area contributed by atoms with Gasteiger partial charge < -0.3 is 14.8 Å². The van der Waals surface area contributed by atoms with Crippen LogP contribution >= 0.6 is 0 Å². The maximum atomic E-state index is 12.3. The SMILES string of the molecule is CCCc1ccc(C(=O)CCC(=O)N[C@H](C)c2cc(OC)ccc2OC)cc1. The highest BCUT2D eigenvalue weighted by Crippen LogP contribution is 2.29. The molecule has 1 atom stereocenters. The van der Waals surface area contributed by atoms with Gasteiger partial charge in [0.25, 0.3) is 0 Å². The smallest absolute Gasteiger partial charge is 0.220 e. The second-order valence-corrected chi connectivity index (χ2v) is 6.77. The third-order valence-electron chi connectivity index (χ3n) is 4.67. The molecule has 2 aromatic rings. The van der Waals surface area contributed by atoms with Crippen LogP contribution in [0.15, 0.2) is 42.5 Å². The number of hydrogen-bond donors (Lipinski definition) is 1. The van der Waals surface area contributed by atoms with Crippen LogP contribution in [0.3, 0.4) is 0 Å². The van der Waals surface area contributed by atoms with E-state index in [4.69, 9.17) is 9.47 Å². The van der Waals surface area contributed by atoms with Crippen molar-refractivity contribution in [1.29, 1.82) is 0 Å². The third-order valence-corrected chi connectivity index (χ3v) is 4.67. The molecule has 2 aromatic carbocycles. The molecule has 150 valence electrons. The predicted molar refractivity (Wildman–Crippen MR) is 110 cm³/mol. The summed E-state index contributed by atoms with van der Waals surface area (Å²) >= 11 is 0. The Balaban J connectivity index is 1.92. The van der Waals surface area contributed by atoms with Gasteiger partial charge >= 0.3 is 0 Å². The molecule has 0 bridgehead atoms. The number of ether oxygens (including phenoxy) is 2. The lowest BCUT2D eigenvalue weighted by Crippen LogP contribution is -2.27. The third kappa shape index (κ3) is 5.84. The van der Waals surface area contributed by atoms with Gasteiger partial charge in [0.15, 0.2) is 5.78 Å². The number of carbonyl (C=O) groups is 2. The van der Waals surface area contributed by atoms with Gasteiger partial charge in [-0.2, -0.15) is 0 Å². The monoisotopic (exact) mass is 383 g/mol. The van der Waals surface area contributed by atoms with Gasteiger partial charge in [-0.05, 0) is 37.1 Å². The molecule has 2 rings (SSSR count). The minimum Gasteiger partial charge on any atom is -0.497 e. The molecule has 0 saturated heterocycles. The number of methoxy groups -OCH3 is 2. The van der Waals surface area contributed by atoms with Crippen molar-refractivity contribution >= 4 is 11.7 Å². The Morgan fingerprint density at radius 2 is 1.71 bits per heavy atom. The summed E-state index contributed by atoms with van der Waals surface area (Å²) in [5, 5.41) is 2.93. The molecule has 0 unspecified atom stereocenters. The lowest BCUT2D eigenvalue weighted by atomic mass is 10.0. The first-order valence-corrected chi connectivity index (χ1v) is 9.61. The number of benzene rings is 2. The number of ketones is 1. The molecule has 0 fully saturated rings. The molecule has 0 radical (unpaired) electrons. The molecule has 0 saturated carbocycles. The fourth-order valence-electron chi connectivity index (χ4n) is 3.09. The standard InChI is InChI=1S/C23H29NO4/c1-5-6-17-7-9-18(10-8-17)21(25)12-14-23(26)24-16(2)20-15-19(27-3)11-13-22(20)28-4/h7-11,13,15-16H,5-6,12,14H2,1-4H3,(H,24,26)/t16-/m1/s1. The Labute approximate surface area is 167 Å². The van der Waals surface area contributed by atoms with Gasteiger partial charge in [-0.1, -0.05) is 37.6 Å². The maximum absolute atomic E-state index is 12.3. The molecule has 1 amide bonds. The van der Waals surface area contributed by atoms with E-state index < -0.39 is 0 Å². The van der Waals surface area contributed by atoms with Gasteiger partial charge in [0.05, 0.1) is 20.3 Å². The largest absolute Gasteiger partial charge is 0.497 e. The zero-order valence-corrected chi connectivity index (χ0v) is 17.1. The summed E-state index contributed by atoms with van der Waals surface area (Å²) in [7, 11) is 3.18. The Kier molecular flexibility index (Phi) is 8.05. The minimum absolute atomic E-state index is 0.0233. The van der Waals surface area contributed by atoms with Crippen LogP contribution in [0.4, 0.5) is 0 Å². The van der Waals surface area contributed by atoms with E-state index in [0.29, 0.717) is 17.1 Å². The summed E-state index contributed by atoms with van der Waals surface area (Å²) in [5.41, 5.74) is 2.70. The van der Waals surface area contributed by atoms with Crippen molar-refractivity contribution in [2.24, 2.45) is 0 Å². The van der Waals surface area contributed by atoms with Gasteiger partial charge in [0.1, 0.15) is 11.5 Å². The predicted octanol–water partition coefficient (Wildman–Crippen LogP) is 4.50. The Hall–Kier alpha value is -2.82. The van der Waals surface area contributed by atoms with Crippen LogP contribution in [-0.4, -0.2) is 25.9 Å². The molecule has 0 aromatic heterocycles. The lowest BCUT2D eigenvalue weighted by molar-refractivity contribution is -0.121. The van der Waals surface area contributed by atoms with Crippen molar-refractivity contribution in [2.45, 2.75) is 45.6 Å². The van der Waals surface area contributed by atoms with E-state index >= 15 is 0 Å². The molecular formula is C23H29NO4. The number of Topliss-reactive ketones (excluding diaryl/α,β-unsaturated/α-hetero) is 1. The number of rotatable bonds is 10. The second kappa shape index (κ2) is 10.5. The minimum atomic E-state index is -0.263. The number of aryl methyl sites for hydroxylation is 1. The highest BCUT2D eigenvalue weighted by molar-refractivity contribution is 5.98. The zero-order valence-electron chi connectivity index (χ0n) is 17.1. The molecule has 28 heavy (non-hydrogen) atoms. The summed E-state index contributed by atoms with van der Waals surface area (Å²) in [4.78, 5) is 24.7. The molecule has 0 aliphatic rings. The van der Waals surface area contributed by atoms with E-state index in [1.807, 2.05) is 43.3 Å². The molecule has 5 heteroatoms. The van der Waals surface area contributed by atoms with Gasteiger partial charge in [-0.15, -0.1) is 0 Å². The Morgan fingerprint density at radius 3 is 2.32 bits per heavy atom. The second-order valence-electron chi connectivity index (χ2n) is 6.77. The van der Waals surface area contributed by atoms with Gasteiger partial charge in [-0.25, -0.2) is 0 Å². The maximum Gasteiger partial charge on any atom is 0.220 e. The van der Waals surface area contributed by atoms with E-state index in [9.17, 15) is 9.59 Å². The van der Waals surface area contributed by atoms with Crippen molar-refractivity contribution in [1.82, 2.24) is 5.32 Å². The molecule has 5 nitrogen and oxygen atoms in total. The van der Waals surface area contributed by atoms with Gasteiger partial charge in [-0.3, -0.25) is 9.59 Å². The van der Waals surface area contributed by atoms with E-state index in [0.717, 1.165) is 18.4 Å². The van der Waals surface area contributed by atoms with E-state index in [-0.39, 0.29) is 30.6 Å². The summed E-state index contributed by atoms with van der Waals surface area (Å²) in [5.74, 6) is 1.17. The fraction of sp³-hybridized carbons (Fsp3) is 0.391. The van der Waals surface area contributed by atoms with Crippen LogP contribution in [0.25, 0.3) is 0 Å². The topological polar surface area (TPSA) is 64.6 Å². The van der Waals surface area contributed by atoms with Crippen LogP contribution in [0.2, 0.25) is 0 Å². The van der Waals surface area contributed by atoms with E-state index in [1.54, 1.807) is 20.3 Å². The fourth-order valence-corrected chi connectivity index (χ4v) is 3.09. The summed E-state index contributed by atoms with van der Waals surface area (Å²) in [6.45, 7) is 4.00. The van der Waals surface area contributed by atoms with E-state index in [2.05, 4.69) is 12.2 Å². The Bertz CT molecular complexity index is 799. The Morgan fingerprint density at radius 1 is 1.00 bits per heavy atom. The van der Waals surface area contributed by atoms with Crippen LogP contribution in [0, 0.1) is 0 Å². The van der Waals surface area contributed by atoms with Gasteiger partial charge in [0, 0.05) is 24.0 Å². The molecule has 1 N–H and O–H groups in total. The first kappa shape index (κ1) is 21.5. The summed E-state index contributed by atoms with van der Waals surface area (Å²) in [6, 6.07) is 12.8. The first-order chi connectivity index (χ1) is 13.5. The molecule has 0 aliphatic carbocycles. The average Bonchev–Trinajstić information content (AvgIpc) is 2.72. The zero-order chi connectivity index (χ0) is 20.5. The molecule has 0 aliphatic heterocycles. The number of hydrogen-bond acceptors (Lipinski definition) is 4. The summed E-state index contributed by atoms with van der Waals surface area (Å²) in [6.07, 6.45) is 2.40. The number of nitrogens with one attached hydrogen (secondary N) is 1. The number of carbonyl (C=O) groups excluding carboxylic acids is 2. The van der Waals surface area contributed by atoms with Crippen molar-refractivity contribution < 1.29 is 19.1 Å². The van der Waals surface area contributed by atoms with Crippen molar-refractivity contribution in [3.63, 3.8) is 0 Å². The normalized spacial score (nSPS) is 11.6. The molecule has 0 spiro atoms. The molecular weight excluding hydrogens is 354 g/mol. The average molecular weight is 383 g/mol. The highest BCUT2D eigenvalue weighted by Gasteiger charge is 2.16. The molecule has 0 heterocycles. The van der Waals surface area contributed by atoms with Crippen LogP contribution in [-0.2, 0) is 11.2 Å². The van der Waals surface area contributed by atoms with Crippen LogP contribution in [0.5, 0.6) is 11.5 Å². The first-order valence-electron chi connectivity index (χ1n) is 9.61. The van der Waals surface area contributed by atoms with Crippen LogP contribution < -0.4 is 14.8 Å².